The Balaban J connectivity index is 0.00000139. The highest BCUT2D eigenvalue weighted by molar-refractivity contribution is 7.96. The maximum absolute atomic E-state index is 13.2. The fourth-order valence-corrected chi connectivity index (χ4v) is 6.06. The van der Waals surface area contributed by atoms with Gasteiger partial charge >= 0.3 is 0 Å². The molecule has 0 aromatic heterocycles. The Hall–Kier alpha value is -4.61. The largest absolute Gasteiger partial charge is 0.336 e. The van der Waals surface area contributed by atoms with E-state index in [1.54, 1.807) is 31.3 Å². The summed E-state index contributed by atoms with van der Waals surface area (Å²) in [5, 5.41) is 3.27. The van der Waals surface area contributed by atoms with E-state index < -0.39 is 10.0 Å². The van der Waals surface area contributed by atoms with Gasteiger partial charge in [-0.2, -0.15) is 0 Å². The standard InChI is InChI=1S/C32H36N6O3S.C2H6.CH2O/c1-36-20-22-38(23-21-36)31(39)26-14-16-27(17-15-26)34-32-33-19-7-9-28(35-32)24-25-8-6-12-30(18-13-25)42(40,41)37(2)29-10-4-3-5-11-29;2*1-2/h3-7,9-18H,8,19-24H2,1-2H3,(H,33,34);1-2H3;1H2. The van der Waals surface area contributed by atoms with Gasteiger partial charge in [-0.05, 0) is 68.1 Å². The highest BCUT2D eigenvalue weighted by Gasteiger charge is 2.23. The van der Waals surface area contributed by atoms with Crippen LogP contribution in [0.15, 0.2) is 112 Å². The highest BCUT2D eigenvalue weighted by Crippen LogP contribution is 2.25. The van der Waals surface area contributed by atoms with Crippen molar-refractivity contribution in [3.63, 3.8) is 0 Å². The SMILES string of the molecule is C=O.CC.CN1CCN(C(=O)c2ccc(NC3=NCC=CC(CC4=CC=C(S(=O)(=O)N(C)c5ccccc5)C=CC4)=N3)cc2)CC1. The van der Waals surface area contributed by atoms with Crippen LogP contribution >= 0.6 is 0 Å². The van der Waals surface area contributed by atoms with Crippen molar-refractivity contribution < 1.29 is 18.0 Å². The minimum Gasteiger partial charge on any atom is -0.336 e. The van der Waals surface area contributed by atoms with Crippen LogP contribution in [0.1, 0.15) is 37.0 Å². The van der Waals surface area contributed by atoms with Crippen molar-refractivity contribution in [2.75, 3.05) is 56.4 Å². The number of amides is 1. The maximum Gasteiger partial charge on any atom is 0.264 e. The van der Waals surface area contributed by atoms with Gasteiger partial charge < -0.3 is 19.9 Å². The number of carbonyl (C=O) groups is 2. The van der Waals surface area contributed by atoms with Crippen LogP contribution in [-0.2, 0) is 14.8 Å². The van der Waals surface area contributed by atoms with Crippen LogP contribution in [0, 0.1) is 0 Å². The van der Waals surface area contributed by atoms with Crippen LogP contribution in [0.3, 0.4) is 0 Å². The van der Waals surface area contributed by atoms with E-state index >= 15 is 0 Å². The van der Waals surface area contributed by atoms with Crippen LogP contribution in [0.5, 0.6) is 0 Å². The zero-order chi connectivity index (χ0) is 33.5. The first-order valence-electron chi connectivity index (χ1n) is 15.3. The van der Waals surface area contributed by atoms with Crippen molar-refractivity contribution in [1.82, 2.24) is 9.80 Å². The van der Waals surface area contributed by atoms with Gasteiger partial charge in [-0.25, -0.2) is 18.4 Å². The summed E-state index contributed by atoms with van der Waals surface area (Å²) in [6.45, 7) is 9.73. The van der Waals surface area contributed by atoms with Crippen LogP contribution in [-0.4, -0.2) is 89.4 Å². The van der Waals surface area contributed by atoms with E-state index in [2.05, 4.69) is 22.3 Å². The second kappa shape index (κ2) is 17.8. The predicted octanol–water partition coefficient (Wildman–Crippen LogP) is 5.32. The molecular formula is C35H44N6O4S. The van der Waals surface area contributed by atoms with E-state index in [9.17, 15) is 13.2 Å². The number of nitrogens with zero attached hydrogens (tertiary/aromatic N) is 5. The summed E-state index contributed by atoms with van der Waals surface area (Å²) in [7, 11) is -0.0667. The molecule has 0 spiro atoms. The quantitative estimate of drug-likeness (QED) is 0.437. The average Bonchev–Trinajstić information content (AvgIpc) is 3.48. The van der Waals surface area contributed by atoms with E-state index in [0.29, 0.717) is 36.6 Å². The van der Waals surface area contributed by atoms with Gasteiger partial charge in [-0.15, -0.1) is 0 Å². The fourth-order valence-electron chi connectivity index (χ4n) is 4.84. The molecule has 0 unspecified atom stereocenters. The molecule has 3 aliphatic rings. The van der Waals surface area contributed by atoms with Crippen molar-refractivity contribution in [3.05, 3.63) is 107 Å². The van der Waals surface area contributed by atoms with Crippen LogP contribution in [0.25, 0.3) is 0 Å². The zero-order valence-electron chi connectivity index (χ0n) is 27.1. The Bertz CT molecular complexity index is 1600. The van der Waals surface area contributed by atoms with E-state index in [1.807, 2.05) is 92.3 Å². The van der Waals surface area contributed by atoms with E-state index in [0.717, 1.165) is 43.2 Å². The minimum atomic E-state index is -3.70. The molecule has 1 amide bonds. The summed E-state index contributed by atoms with van der Waals surface area (Å²) in [5.41, 5.74) is 3.92. The Labute approximate surface area is 273 Å². The third kappa shape index (κ3) is 9.69. The van der Waals surface area contributed by atoms with Crippen LogP contribution in [0.4, 0.5) is 11.4 Å². The number of carbonyl (C=O) groups excluding carboxylic acids is 2. The molecule has 244 valence electrons. The first-order chi connectivity index (χ1) is 22.3. The molecule has 5 rings (SSSR count). The number of sulfonamides is 1. The van der Waals surface area contributed by atoms with E-state index in [-0.39, 0.29) is 10.8 Å². The lowest BCUT2D eigenvalue weighted by Crippen LogP contribution is -2.47. The Morgan fingerprint density at radius 2 is 1.61 bits per heavy atom. The number of likely N-dealkylation sites (N-methyl/N-ethyl adjacent to an activating group) is 1. The normalized spacial score (nSPS) is 16.5. The summed E-state index contributed by atoms with van der Waals surface area (Å²) in [4.78, 5) is 34.5. The molecule has 1 fully saturated rings. The van der Waals surface area contributed by atoms with Crippen molar-refractivity contribution in [3.8, 4) is 0 Å². The number of piperazine rings is 1. The maximum atomic E-state index is 13.2. The molecular weight excluding hydrogens is 600 g/mol. The minimum absolute atomic E-state index is 0.0495. The highest BCUT2D eigenvalue weighted by atomic mass is 32.2. The molecule has 2 aromatic carbocycles. The summed E-state index contributed by atoms with van der Waals surface area (Å²) in [6, 6.07) is 16.4. The molecule has 10 nitrogen and oxygen atoms in total. The van der Waals surface area contributed by atoms with Gasteiger partial charge in [0.15, 0.2) is 0 Å². The molecule has 2 aromatic rings. The zero-order valence-corrected chi connectivity index (χ0v) is 27.9. The predicted molar refractivity (Wildman–Crippen MR) is 189 cm³/mol. The monoisotopic (exact) mass is 644 g/mol. The first-order valence-corrected chi connectivity index (χ1v) is 16.8. The number of guanidine groups is 1. The number of hydrogen-bond donors (Lipinski definition) is 1. The molecule has 1 saturated heterocycles. The molecule has 1 aliphatic carbocycles. The molecule has 0 atom stereocenters. The molecule has 2 aliphatic heterocycles. The number of hydrogen-bond acceptors (Lipinski definition) is 8. The average molecular weight is 645 g/mol. The lowest BCUT2D eigenvalue weighted by Gasteiger charge is -2.32. The third-order valence-corrected chi connectivity index (χ3v) is 9.22. The van der Waals surface area contributed by atoms with Crippen LogP contribution < -0.4 is 9.62 Å². The molecule has 46 heavy (non-hydrogen) atoms. The smallest absolute Gasteiger partial charge is 0.264 e. The number of aliphatic imine (C=N–C) groups is 2. The molecule has 11 heteroatoms. The Morgan fingerprint density at radius 1 is 0.935 bits per heavy atom. The number of allylic oxidation sites excluding steroid dienone is 6. The first kappa shape index (κ1) is 35.9. The summed E-state index contributed by atoms with van der Waals surface area (Å²) in [6.07, 6.45) is 12.1. The third-order valence-electron chi connectivity index (χ3n) is 7.42. The van der Waals surface area contributed by atoms with E-state index in [1.165, 1.54) is 4.31 Å². The van der Waals surface area contributed by atoms with Gasteiger partial charge in [0, 0.05) is 56.6 Å². The van der Waals surface area contributed by atoms with Crippen molar-refractivity contribution in [2.24, 2.45) is 9.98 Å². The molecule has 2 heterocycles. The topological polar surface area (TPSA) is 115 Å². The lowest BCUT2D eigenvalue weighted by molar-refractivity contribution is -0.0980. The van der Waals surface area contributed by atoms with Crippen molar-refractivity contribution in [1.29, 1.82) is 0 Å². The molecule has 0 radical (unpaired) electrons. The van der Waals surface area contributed by atoms with Crippen molar-refractivity contribution >= 4 is 45.8 Å². The van der Waals surface area contributed by atoms with Gasteiger partial charge in [0.05, 0.1) is 17.1 Å². The van der Waals surface area contributed by atoms with Gasteiger partial charge in [0.25, 0.3) is 15.9 Å². The molecule has 0 bridgehead atoms. The second-order valence-corrected chi connectivity index (χ2v) is 12.4. The number of anilines is 2. The fraction of sp³-hybridized carbons (Fsp3) is 0.314. The van der Waals surface area contributed by atoms with Crippen LogP contribution in [0.2, 0.25) is 0 Å². The number of rotatable bonds is 7. The lowest BCUT2D eigenvalue weighted by atomic mass is 10.1. The summed E-state index contributed by atoms with van der Waals surface area (Å²) >= 11 is 0. The summed E-state index contributed by atoms with van der Waals surface area (Å²) in [5.74, 6) is 0.537. The molecule has 0 saturated carbocycles. The van der Waals surface area contributed by atoms with Gasteiger partial charge in [0.1, 0.15) is 6.79 Å². The van der Waals surface area contributed by atoms with Gasteiger partial charge in [-0.1, -0.05) is 55.8 Å². The molecule has 1 N–H and O–H groups in total. The number of para-hydroxylation sites is 1. The number of nitrogens with one attached hydrogen (secondary N) is 1. The van der Waals surface area contributed by atoms with E-state index in [4.69, 9.17) is 9.79 Å². The Kier molecular flexibility index (Phi) is 13.9. The number of benzene rings is 2. The van der Waals surface area contributed by atoms with Gasteiger partial charge in [-0.3, -0.25) is 9.10 Å². The van der Waals surface area contributed by atoms with Gasteiger partial charge in [0.2, 0.25) is 5.96 Å². The van der Waals surface area contributed by atoms with Crippen molar-refractivity contribution in [2.45, 2.75) is 26.7 Å². The Morgan fingerprint density at radius 3 is 2.28 bits per heavy atom. The summed E-state index contributed by atoms with van der Waals surface area (Å²) < 4.78 is 27.8. The second-order valence-electron chi connectivity index (χ2n) is 10.5.